The molecule has 1 heterocycles. The van der Waals surface area contributed by atoms with Crippen molar-refractivity contribution >= 4 is 10.1 Å². The molecule has 0 saturated heterocycles. The lowest BCUT2D eigenvalue weighted by atomic mass is 9.80. The zero-order chi connectivity index (χ0) is 18.4. The van der Waals surface area contributed by atoms with Gasteiger partial charge < -0.3 is 9.84 Å². The minimum atomic E-state index is -3.93. The van der Waals surface area contributed by atoms with Crippen LogP contribution in [0.25, 0.3) is 0 Å². The minimum absolute atomic E-state index is 0.0905. The summed E-state index contributed by atoms with van der Waals surface area (Å²) in [5.41, 5.74) is 0.470. The van der Waals surface area contributed by atoms with Gasteiger partial charge in [0.15, 0.2) is 5.60 Å². The van der Waals surface area contributed by atoms with Crippen LogP contribution in [0.2, 0.25) is 0 Å². The van der Waals surface area contributed by atoms with Gasteiger partial charge in [-0.3, -0.25) is 0 Å². The third kappa shape index (κ3) is 2.38. The van der Waals surface area contributed by atoms with Crippen molar-refractivity contribution in [3.63, 3.8) is 0 Å². The summed E-state index contributed by atoms with van der Waals surface area (Å²) in [6, 6.07) is 20.2. The average molecular weight is 368 g/mol. The molecule has 0 fully saturated rings. The Morgan fingerprint density at radius 2 is 1.46 bits per heavy atom. The number of rotatable bonds is 3. The number of phenols is 1. The lowest BCUT2D eigenvalue weighted by molar-refractivity contribution is 0.180. The molecule has 26 heavy (non-hydrogen) atoms. The normalized spacial score (nSPS) is 20.5. The number of methoxy groups -OCH3 is 1. The van der Waals surface area contributed by atoms with Crippen LogP contribution in [-0.2, 0) is 19.9 Å². The second kappa shape index (κ2) is 5.86. The van der Waals surface area contributed by atoms with E-state index in [0.29, 0.717) is 22.4 Å². The van der Waals surface area contributed by atoms with Crippen molar-refractivity contribution < 1.29 is 22.4 Å². The molecule has 132 valence electrons. The fourth-order valence-electron chi connectivity index (χ4n) is 3.33. The van der Waals surface area contributed by atoms with E-state index in [9.17, 15) is 13.5 Å². The maximum atomic E-state index is 12.7. The van der Waals surface area contributed by atoms with Gasteiger partial charge in [-0.2, -0.15) is 8.42 Å². The minimum Gasteiger partial charge on any atom is -0.508 e. The van der Waals surface area contributed by atoms with Gasteiger partial charge in [-0.1, -0.05) is 42.5 Å². The molecule has 0 radical (unpaired) electrons. The Labute approximate surface area is 151 Å². The van der Waals surface area contributed by atoms with E-state index in [-0.39, 0.29) is 10.6 Å². The summed E-state index contributed by atoms with van der Waals surface area (Å²) in [5, 5.41) is 9.64. The molecule has 0 aromatic heterocycles. The standard InChI is InChI=1S/C20H16O5S/c1-24-17-12-8-15(9-13-17)20(14-6-10-16(21)11-7-14)18-4-2-3-5-19(18)26(22,23)25-20/h2-13,21H,1H3. The molecule has 0 saturated carbocycles. The molecule has 0 bridgehead atoms. The molecule has 4 rings (SSSR count). The van der Waals surface area contributed by atoms with Gasteiger partial charge in [0, 0.05) is 5.56 Å². The number of aromatic hydroxyl groups is 1. The molecule has 5 nitrogen and oxygen atoms in total. The van der Waals surface area contributed by atoms with E-state index in [1.54, 1.807) is 61.7 Å². The molecule has 3 aromatic carbocycles. The number of hydrogen-bond donors (Lipinski definition) is 1. The summed E-state index contributed by atoms with van der Waals surface area (Å²) in [4.78, 5) is 0.142. The molecule has 1 aliphatic heterocycles. The van der Waals surface area contributed by atoms with Gasteiger partial charge in [-0.15, -0.1) is 0 Å². The monoisotopic (exact) mass is 368 g/mol. The summed E-state index contributed by atoms with van der Waals surface area (Å²) in [7, 11) is -2.36. The Morgan fingerprint density at radius 3 is 2.08 bits per heavy atom. The van der Waals surface area contributed by atoms with Crippen molar-refractivity contribution in [2.24, 2.45) is 0 Å². The van der Waals surface area contributed by atoms with Crippen molar-refractivity contribution in [2.75, 3.05) is 7.11 Å². The van der Waals surface area contributed by atoms with Gasteiger partial charge in [0.25, 0.3) is 10.1 Å². The largest absolute Gasteiger partial charge is 0.508 e. The quantitative estimate of drug-likeness (QED) is 0.717. The van der Waals surface area contributed by atoms with Crippen molar-refractivity contribution in [3.8, 4) is 11.5 Å². The predicted octanol–water partition coefficient (Wildman–Crippen LogP) is 3.41. The Hall–Kier alpha value is -2.83. The Morgan fingerprint density at radius 1 is 0.885 bits per heavy atom. The highest BCUT2D eigenvalue weighted by atomic mass is 32.2. The third-order valence-corrected chi connectivity index (χ3v) is 5.90. The van der Waals surface area contributed by atoms with Gasteiger partial charge >= 0.3 is 0 Å². The van der Waals surface area contributed by atoms with Crippen LogP contribution >= 0.6 is 0 Å². The molecular formula is C20H16O5S. The first-order valence-electron chi connectivity index (χ1n) is 7.96. The second-order valence-corrected chi connectivity index (χ2v) is 7.50. The summed E-state index contributed by atoms with van der Waals surface area (Å²) in [5.74, 6) is 0.747. The number of fused-ring (bicyclic) bond motifs is 1. The first kappa shape index (κ1) is 16.6. The highest BCUT2D eigenvalue weighted by molar-refractivity contribution is 7.87. The van der Waals surface area contributed by atoms with Crippen LogP contribution in [0.15, 0.2) is 77.7 Å². The van der Waals surface area contributed by atoms with Crippen LogP contribution in [0.1, 0.15) is 16.7 Å². The van der Waals surface area contributed by atoms with E-state index in [2.05, 4.69) is 0 Å². The van der Waals surface area contributed by atoms with E-state index in [1.165, 1.54) is 18.2 Å². The molecule has 0 aliphatic carbocycles. The lowest BCUT2D eigenvalue weighted by Crippen LogP contribution is -2.29. The van der Waals surface area contributed by atoms with E-state index >= 15 is 0 Å². The first-order chi connectivity index (χ1) is 12.5. The van der Waals surface area contributed by atoms with Crippen molar-refractivity contribution in [2.45, 2.75) is 10.5 Å². The molecule has 6 heteroatoms. The van der Waals surface area contributed by atoms with E-state index < -0.39 is 15.7 Å². The Bertz CT molecular complexity index is 1060. The zero-order valence-corrected chi connectivity index (χ0v) is 14.7. The van der Waals surface area contributed by atoms with Gasteiger partial charge in [0.2, 0.25) is 0 Å². The van der Waals surface area contributed by atoms with Crippen molar-refractivity contribution in [1.29, 1.82) is 0 Å². The Kier molecular flexibility index (Phi) is 3.75. The number of ether oxygens (including phenoxy) is 1. The lowest BCUT2D eigenvalue weighted by Gasteiger charge is -2.29. The van der Waals surface area contributed by atoms with Crippen molar-refractivity contribution in [1.82, 2.24) is 0 Å². The van der Waals surface area contributed by atoms with Crippen LogP contribution in [0, 0.1) is 0 Å². The average Bonchev–Trinajstić information content (AvgIpc) is 2.91. The molecular weight excluding hydrogens is 352 g/mol. The van der Waals surface area contributed by atoms with Crippen LogP contribution in [0.3, 0.4) is 0 Å². The molecule has 0 spiro atoms. The van der Waals surface area contributed by atoms with Crippen LogP contribution < -0.4 is 4.74 Å². The molecule has 1 aliphatic rings. The van der Waals surface area contributed by atoms with Crippen LogP contribution in [-0.4, -0.2) is 20.6 Å². The van der Waals surface area contributed by atoms with E-state index in [0.717, 1.165) is 0 Å². The maximum Gasteiger partial charge on any atom is 0.298 e. The highest BCUT2D eigenvalue weighted by Gasteiger charge is 2.51. The van der Waals surface area contributed by atoms with Crippen molar-refractivity contribution in [3.05, 3.63) is 89.5 Å². The molecule has 1 unspecified atom stereocenters. The number of phenolic OH excluding ortho intramolecular Hbond substituents is 1. The fraction of sp³-hybridized carbons (Fsp3) is 0.100. The summed E-state index contributed by atoms with van der Waals surface area (Å²) < 4.78 is 36.4. The second-order valence-electron chi connectivity index (χ2n) is 5.99. The van der Waals surface area contributed by atoms with Gasteiger partial charge in [0.1, 0.15) is 16.4 Å². The number of hydrogen-bond acceptors (Lipinski definition) is 5. The van der Waals surface area contributed by atoms with Gasteiger partial charge in [-0.05, 0) is 41.5 Å². The molecule has 1 atom stereocenters. The number of benzene rings is 3. The summed E-state index contributed by atoms with van der Waals surface area (Å²) >= 11 is 0. The Balaban J connectivity index is 2.04. The van der Waals surface area contributed by atoms with E-state index in [4.69, 9.17) is 8.92 Å². The fourth-order valence-corrected chi connectivity index (χ4v) is 4.75. The zero-order valence-electron chi connectivity index (χ0n) is 13.9. The summed E-state index contributed by atoms with van der Waals surface area (Å²) in [6.45, 7) is 0. The molecule has 3 aromatic rings. The molecule has 0 amide bonds. The maximum absolute atomic E-state index is 12.7. The topological polar surface area (TPSA) is 72.8 Å². The van der Waals surface area contributed by atoms with Gasteiger partial charge in [-0.25, -0.2) is 4.18 Å². The molecule has 1 N–H and O–H groups in total. The SMILES string of the molecule is COc1ccc(C2(c3ccc(O)cc3)OS(=O)(=O)c3ccccc32)cc1. The van der Waals surface area contributed by atoms with E-state index in [1.807, 2.05) is 0 Å². The van der Waals surface area contributed by atoms with Crippen LogP contribution in [0.5, 0.6) is 11.5 Å². The van der Waals surface area contributed by atoms with Crippen LogP contribution in [0.4, 0.5) is 0 Å². The summed E-state index contributed by atoms with van der Waals surface area (Å²) in [6.07, 6.45) is 0. The van der Waals surface area contributed by atoms with Gasteiger partial charge in [0.05, 0.1) is 7.11 Å². The first-order valence-corrected chi connectivity index (χ1v) is 9.37. The highest BCUT2D eigenvalue weighted by Crippen LogP contribution is 2.50. The smallest absolute Gasteiger partial charge is 0.298 e. The predicted molar refractivity (Wildman–Crippen MR) is 95.7 cm³/mol. The third-order valence-electron chi connectivity index (χ3n) is 4.54.